The van der Waals surface area contributed by atoms with Gasteiger partial charge in [-0.05, 0) is 24.3 Å². The third-order valence-corrected chi connectivity index (χ3v) is 4.24. The molecule has 0 spiro atoms. The Balaban J connectivity index is 1.58. The van der Waals surface area contributed by atoms with Crippen LogP contribution in [0.2, 0.25) is 0 Å². The quantitative estimate of drug-likeness (QED) is 0.423. The van der Waals surface area contributed by atoms with Crippen molar-refractivity contribution in [2.75, 3.05) is 11.9 Å². The highest BCUT2D eigenvalue weighted by Crippen LogP contribution is 2.19. The van der Waals surface area contributed by atoms with Gasteiger partial charge in [0.1, 0.15) is 12.8 Å². The smallest absolute Gasteiger partial charge is 0.326 e. The van der Waals surface area contributed by atoms with Crippen LogP contribution in [0, 0.1) is 0 Å². The van der Waals surface area contributed by atoms with E-state index in [1.165, 1.54) is 12.3 Å². The maximum absolute atomic E-state index is 12.7. The number of amides is 1. The van der Waals surface area contributed by atoms with Crippen LogP contribution in [0.3, 0.4) is 0 Å². The van der Waals surface area contributed by atoms with Crippen LogP contribution in [-0.2, 0) is 20.9 Å². The van der Waals surface area contributed by atoms with Crippen LogP contribution in [0.25, 0.3) is 21.8 Å². The number of esters is 1. The fourth-order valence-electron chi connectivity index (χ4n) is 3.02. The lowest BCUT2D eigenvalue weighted by atomic mass is 10.1. The van der Waals surface area contributed by atoms with Gasteiger partial charge in [-0.3, -0.25) is 14.4 Å². The summed E-state index contributed by atoms with van der Waals surface area (Å²) >= 11 is 0. The molecule has 0 atom stereocenters. The molecule has 2 aromatic carbocycles. The second kappa shape index (κ2) is 7.36. The number of rotatable bonds is 5. The molecule has 0 aliphatic rings. The topological polar surface area (TPSA) is 103 Å². The largest absolute Gasteiger partial charge is 0.454 e. The highest BCUT2D eigenvalue weighted by Gasteiger charge is 2.15. The molecule has 0 unspecified atom stereocenters. The number of benzene rings is 2. The number of hydrogen-bond donors (Lipinski definition) is 1. The molecule has 1 amide bonds. The molecule has 1 N–H and O–H groups in total. The van der Waals surface area contributed by atoms with E-state index in [-0.39, 0.29) is 17.8 Å². The van der Waals surface area contributed by atoms with Crippen LogP contribution in [0.4, 0.5) is 5.82 Å². The van der Waals surface area contributed by atoms with Gasteiger partial charge in [0, 0.05) is 16.8 Å². The minimum Gasteiger partial charge on any atom is -0.454 e. The summed E-state index contributed by atoms with van der Waals surface area (Å²) in [5.74, 6) is -0.899. The Labute approximate surface area is 158 Å². The maximum Gasteiger partial charge on any atom is 0.326 e. The van der Waals surface area contributed by atoms with Crippen molar-refractivity contribution >= 4 is 39.5 Å². The van der Waals surface area contributed by atoms with Crippen LogP contribution < -0.4 is 10.7 Å². The van der Waals surface area contributed by atoms with Crippen LogP contribution in [0.15, 0.2) is 70.2 Å². The fourth-order valence-corrected chi connectivity index (χ4v) is 3.02. The number of carbonyl (C=O) groups is 2. The Kier molecular flexibility index (Phi) is 4.59. The summed E-state index contributed by atoms with van der Waals surface area (Å²) in [7, 11) is 0. The molecule has 0 saturated heterocycles. The van der Waals surface area contributed by atoms with Gasteiger partial charge in [0.15, 0.2) is 17.9 Å². The predicted molar refractivity (Wildman–Crippen MR) is 102 cm³/mol. The second-order valence-corrected chi connectivity index (χ2v) is 6.04. The lowest BCUT2D eigenvalue weighted by Gasteiger charge is -2.14. The van der Waals surface area contributed by atoms with Gasteiger partial charge in [-0.25, -0.2) is 0 Å². The molecule has 0 radical (unpaired) electrons. The maximum atomic E-state index is 12.7. The number of nitrogens with zero attached hydrogens (tertiary/aromatic N) is 2. The van der Waals surface area contributed by atoms with Crippen molar-refractivity contribution in [3.63, 3.8) is 0 Å². The molecule has 8 heteroatoms. The number of carbonyl (C=O) groups excluding carboxylic acids is 2. The molecule has 0 saturated carbocycles. The van der Waals surface area contributed by atoms with Gasteiger partial charge in [0.05, 0.1) is 11.0 Å². The van der Waals surface area contributed by atoms with Crippen molar-refractivity contribution in [1.29, 1.82) is 0 Å². The molecule has 4 rings (SSSR count). The first-order valence-electron chi connectivity index (χ1n) is 8.49. The van der Waals surface area contributed by atoms with Crippen molar-refractivity contribution in [3.05, 3.63) is 71.1 Å². The minimum atomic E-state index is -0.603. The molecule has 2 heterocycles. The molecule has 0 fully saturated rings. The van der Waals surface area contributed by atoms with Gasteiger partial charge in [-0.1, -0.05) is 29.4 Å². The summed E-state index contributed by atoms with van der Waals surface area (Å²) < 4.78 is 11.4. The number of hydrogen-bond acceptors (Lipinski definition) is 6. The summed E-state index contributed by atoms with van der Waals surface area (Å²) in [4.78, 5) is 36.9. The predicted octanol–water partition coefficient (Wildman–Crippen LogP) is 2.32. The molecule has 4 aromatic rings. The van der Waals surface area contributed by atoms with Crippen LogP contribution in [0.5, 0.6) is 0 Å². The molecule has 0 aliphatic carbocycles. The number of fused-ring (bicyclic) bond motifs is 2. The van der Waals surface area contributed by atoms with Gasteiger partial charge >= 0.3 is 5.97 Å². The number of anilines is 1. The Hall–Kier alpha value is -3.94. The van der Waals surface area contributed by atoms with Gasteiger partial charge in [0.25, 0.3) is 5.91 Å². The third kappa shape index (κ3) is 3.35. The zero-order valence-electron chi connectivity index (χ0n) is 14.6. The Morgan fingerprint density at radius 3 is 2.25 bits per heavy atom. The zero-order chi connectivity index (χ0) is 19.5. The van der Waals surface area contributed by atoms with E-state index < -0.39 is 18.5 Å². The first-order valence-corrected chi connectivity index (χ1v) is 8.49. The van der Waals surface area contributed by atoms with E-state index in [4.69, 9.17) is 4.74 Å². The van der Waals surface area contributed by atoms with Crippen LogP contribution in [-0.4, -0.2) is 28.2 Å². The molecular formula is C20H15N3O5. The molecular weight excluding hydrogens is 362 g/mol. The SMILES string of the molecule is O=C(COC(=O)Cn1c2ccccc2c(=O)c2ccccc21)Nc1ccon1. The highest BCUT2D eigenvalue weighted by atomic mass is 16.5. The molecule has 140 valence electrons. The Morgan fingerprint density at radius 2 is 1.64 bits per heavy atom. The average Bonchev–Trinajstić information content (AvgIpc) is 3.22. The van der Waals surface area contributed by atoms with E-state index in [1.807, 2.05) is 0 Å². The van der Waals surface area contributed by atoms with Gasteiger partial charge in [-0.2, -0.15) is 0 Å². The minimum absolute atomic E-state index is 0.0946. The van der Waals surface area contributed by atoms with E-state index in [0.717, 1.165) is 0 Å². The second-order valence-electron chi connectivity index (χ2n) is 6.04. The normalized spacial score (nSPS) is 10.9. The van der Waals surface area contributed by atoms with Gasteiger partial charge in [0.2, 0.25) is 0 Å². The first kappa shape index (κ1) is 17.5. The standard InChI is InChI=1S/C20H15N3O5/c24-18(21-17-9-10-28-22-17)12-27-19(25)11-23-15-7-3-1-5-13(15)20(26)14-6-2-4-8-16(14)23/h1-10H,11-12H2,(H,21,22,24). The lowest BCUT2D eigenvalue weighted by molar-refractivity contribution is -0.147. The highest BCUT2D eigenvalue weighted by molar-refractivity contribution is 5.95. The summed E-state index contributed by atoms with van der Waals surface area (Å²) in [6.45, 7) is -0.597. The number of para-hydroxylation sites is 2. The van der Waals surface area contributed by atoms with Crippen LogP contribution >= 0.6 is 0 Å². The third-order valence-electron chi connectivity index (χ3n) is 4.24. The first-order chi connectivity index (χ1) is 13.6. The van der Waals surface area contributed by atoms with Crippen molar-refractivity contribution in [2.45, 2.75) is 6.54 Å². The van der Waals surface area contributed by atoms with E-state index >= 15 is 0 Å². The van der Waals surface area contributed by atoms with Crippen molar-refractivity contribution in [2.24, 2.45) is 0 Å². The van der Waals surface area contributed by atoms with Crippen molar-refractivity contribution in [1.82, 2.24) is 9.72 Å². The van der Waals surface area contributed by atoms with E-state index in [0.29, 0.717) is 21.8 Å². The van der Waals surface area contributed by atoms with E-state index in [1.54, 1.807) is 53.1 Å². The average molecular weight is 377 g/mol. The fraction of sp³-hybridized carbons (Fsp3) is 0.100. The molecule has 0 bridgehead atoms. The number of nitrogens with one attached hydrogen (secondary N) is 1. The van der Waals surface area contributed by atoms with Gasteiger partial charge in [-0.15, -0.1) is 0 Å². The molecule has 0 aliphatic heterocycles. The van der Waals surface area contributed by atoms with Crippen LogP contribution in [0.1, 0.15) is 0 Å². The number of aromatic nitrogens is 2. The molecule has 2 aromatic heterocycles. The Morgan fingerprint density at radius 1 is 1.00 bits per heavy atom. The summed E-state index contributed by atoms with van der Waals surface area (Å²) in [6.07, 6.45) is 1.31. The van der Waals surface area contributed by atoms with Crippen molar-refractivity contribution < 1.29 is 18.8 Å². The van der Waals surface area contributed by atoms with E-state index in [9.17, 15) is 14.4 Å². The van der Waals surface area contributed by atoms with Crippen molar-refractivity contribution in [3.8, 4) is 0 Å². The molecule has 8 nitrogen and oxygen atoms in total. The molecule has 28 heavy (non-hydrogen) atoms. The summed E-state index contributed by atoms with van der Waals surface area (Å²) in [5, 5.41) is 7.01. The van der Waals surface area contributed by atoms with E-state index in [2.05, 4.69) is 15.0 Å². The lowest BCUT2D eigenvalue weighted by Crippen LogP contribution is -2.24. The number of ether oxygens (including phenoxy) is 1. The Bertz CT molecular complexity index is 1170. The number of pyridine rings is 1. The summed E-state index contributed by atoms with van der Waals surface area (Å²) in [5.41, 5.74) is 1.15. The van der Waals surface area contributed by atoms with Gasteiger partial charge < -0.3 is 19.1 Å². The monoisotopic (exact) mass is 377 g/mol. The summed E-state index contributed by atoms with van der Waals surface area (Å²) in [6, 6.07) is 15.6. The zero-order valence-corrected chi connectivity index (χ0v) is 14.6.